The highest BCUT2D eigenvalue weighted by molar-refractivity contribution is 5.83. The highest BCUT2D eigenvalue weighted by atomic mass is 16.4. The van der Waals surface area contributed by atoms with E-state index >= 15 is 0 Å². The average molecular weight is 257 g/mol. The third-order valence-electron chi connectivity index (χ3n) is 3.56. The second-order valence-electron chi connectivity index (χ2n) is 5.04. The van der Waals surface area contributed by atoms with Gasteiger partial charge in [-0.05, 0) is 18.8 Å². The molecule has 1 atom stereocenters. The number of carbonyl (C=O) groups is 2. The number of aliphatic hydroxyl groups is 1. The Morgan fingerprint density at radius 2 is 1.89 bits per heavy atom. The number of carboxylic acids is 1. The lowest BCUT2D eigenvalue weighted by Gasteiger charge is -2.21. The number of aliphatic carboxylic acids is 1. The minimum atomic E-state index is -1.20. The van der Waals surface area contributed by atoms with Crippen LogP contribution in [0.2, 0.25) is 0 Å². The zero-order valence-corrected chi connectivity index (χ0v) is 10.7. The van der Waals surface area contributed by atoms with Crippen LogP contribution in [0.25, 0.3) is 0 Å². The topological polar surface area (TPSA) is 86.6 Å². The van der Waals surface area contributed by atoms with E-state index < -0.39 is 18.6 Å². The van der Waals surface area contributed by atoms with Crippen LogP contribution in [0.4, 0.5) is 0 Å². The fourth-order valence-electron chi connectivity index (χ4n) is 2.48. The van der Waals surface area contributed by atoms with E-state index in [0.29, 0.717) is 6.42 Å². The summed E-state index contributed by atoms with van der Waals surface area (Å²) in [4.78, 5) is 22.1. The summed E-state index contributed by atoms with van der Waals surface area (Å²) in [5, 5.41) is 19.8. The van der Waals surface area contributed by atoms with Gasteiger partial charge in [-0.25, -0.2) is 4.79 Å². The van der Waals surface area contributed by atoms with Crippen LogP contribution in [-0.4, -0.2) is 34.7 Å². The quantitative estimate of drug-likeness (QED) is 0.641. The Morgan fingerprint density at radius 3 is 2.44 bits per heavy atom. The summed E-state index contributed by atoms with van der Waals surface area (Å²) >= 11 is 0. The van der Waals surface area contributed by atoms with Gasteiger partial charge in [0.25, 0.3) is 0 Å². The molecule has 0 aliphatic heterocycles. The minimum absolute atomic E-state index is 0.285. The molecule has 104 valence electrons. The van der Waals surface area contributed by atoms with E-state index in [4.69, 9.17) is 10.2 Å². The number of hydrogen-bond donors (Lipinski definition) is 3. The Morgan fingerprint density at radius 1 is 1.22 bits per heavy atom. The molecule has 3 N–H and O–H groups in total. The first-order valence-corrected chi connectivity index (χ1v) is 6.76. The van der Waals surface area contributed by atoms with Crippen molar-refractivity contribution in [3.63, 3.8) is 0 Å². The van der Waals surface area contributed by atoms with Crippen molar-refractivity contribution in [2.45, 2.75) is 57.4 Å². The summed E-state index contributed by atoms with van der Waals surface area (Å²) < 4.78 is 0. The maximum atomic E-state index is 11.5. The van der Waals surface area contributed by atoms with Crippen molar-refractivity contribution in [1.29, 1.82) is 0 Å². The molecule has 0 aromatic heterocycles. The van der Waals surface area contributed by atoms with Gasteiger partial charge in [-0.1, -0.05) is 32.1 Å². The number of nitrogens with one attached hydrogen (secondary N) is 1. The summed E-state index contributed by atoms with van der Waals surface area (Å²) in [6.45, 7) is -0.566. The van der Waals surface area contributed by atoms with Gasteiger partial charge in [0.15, 0.2) is 0 Å². The molecule has 0 aromatic carbocycles. The van der Waals surface area contributed by atoms with Gasteiger partial charge in [0.2, 0.25) is 5.91 Å². The highest BCUT2D eigenvalue weighted by Gasteiger charge is 2.19. The van der Waals surface area contributed by atoms with Crippen molar-refractivity contribution in [3.05, 3.63) is 0 Å². The summed E-state index contributed by atoms with van der Waals surface area (Å²) in [5.41, 5.74) is 0. The fourth-order valence-corrected chi connectivity index (χ4v) is 2.48. The van der Waals surface area contributed by atoms with Crippen LogP contribution in [0, 0.1) is 5.92 Å². The lowest BCUT2D eigenvalue weighted by atomic mass is 9.86. The summed E-state index contributed by atoms with van der Waals surface area (Å²) in [7, 11) is 0. The molecular formula is C13H23NO4. The molecule has 1 saturated carbocycles. The number of carbonyl (C=O) groups excluding carboxylic acids is 1. The molecular weight excluding hydrogens is 234 g/mol. The van der Waals surface area contributed by atoms with Gasteiger partial charge in [0, 0.05) is 6.42 Å². The zero-order valence-electron chi connectivity index (χ0n) is 10.7. The monoisotopic (exact) mass is 257 g/mol. The Bertz CT molecular complexity index is 274. The molecule has 0 saturated heterocycles. The molecule has 0 radical (unpaired) electrons. The molecule has 1 rings (SSSR count). The van der Waals surface area contributed by atoms with E-state index in [2.05, 4.69) is 5.32 Å². The summed E-state index contributed by atoms with van der Waals surface area (Å²) in [6, 6.07) is -1.17. The van der Waals surface area contributed by atoms with Crippen molar-refractivity contribution >= 4 is 11.9 Å². The van der Waals surface area contributed by atoms with Gasteiger partial charge >= 0.3 is 5.97 Å². The first kappa shape index (κ1) is 15.0. The van der Waals surface area contributed by atoms with Crippen LogP contribution < -0.4 is 5.32 Å². The molecule has 0 heterocycles. The molecule has 0 spiro atoms. The molecule has 1 fully saturated rings. The minimum Gasteiger partial charge on any atom is -0.480 e. The molecule has 1 aliphatic rings. The van der Waals surface area contributed by atoms with Crippen molar-refractivity contribution in [2.75, 3.05) is 6.61 Å². The van der Waals surface area contributed by atoms with Gasteiger partial charge in [-0.2, -0.15) is 0 Å². The third kappa shape index (κ3) is 5.49. The van der Waals surface area contributed by atoms with Crippen molar-refractivity contribution in [3.8, 4) is 0 Å². The lowest BCUT2D eigenvalue weighted by molar-refractivity contribution is -0.142. The highest BCUT2D eigenvalue weighted by Crippen LogP contribution is 2.27. The van der Waals surface area contributed by atoms with Gasteiger partial charge in [0.1, 0.15) is 6.04 Å². The molecule has 1 amide bonds. The Balaban J connectivity index is 2.14. The fraction of sp³-hybridized carbons (Fsp3) is 0.846. The van der Waals surface area contributed by atoms with E-state index in [1.807, 2.05) is 0 Å². The second kappa shape index (κ2) is 8.08. The largest absolute Gasteiger partial charge is 0.480 e. The van der Waals surface area contributed by atoms with E-state index in [9.17, 15) is 9.59 Å². The van der Waals surface area contributed by atoms with E-state index in [0.717, 1.165) is 18.8 Å². The zero-order chi connectivity index (χ0) is 13.4. The van der Waals surface area contributed by atoms with Gasteiger partial charge in [-0.3, -0.25) is 4.79 Å². The maximum absolute atomic E-state index is 11.5. The predicted molar refractivity (Wildman–Crippen MR) is 67.1 cm³/mol. The van der Waals surface area contributed by atoms with Crippen LogP contribution in [0.3, 0.4) is 0 Å². The lowest BCUT2D eigenvalue weighted by Crippen LogP contribution is -2.43. The Hall–Kier alpha value is -1.10. The second-order valence-corrected chi connectivity index (χ2v) is 5.04. The molecule has 0 aromatic rings. The van der Waals surface area contributed by atoms with Crippen LogP contribution in [0.1, 0.15) is 51.4 Å². The summed E-state index contributed by atoms with van der Waals surface area (Å²) in [6.07, 6.45) is 8.63. The van der Waals surface area contributed by atoms with Crippen LogP contribution in [0.5, 0.6) is 0 Å². The van der Waals surface area contributed by atoms with Crippen molar-refractivity contribution in [2.24, 2.45) is 5.92 Å². The number of rotatable bonds is 7. The van der Waals surface area contributed by atoms with Crippen molar-refractivity contribution < 1.29 is 19.8 Å². The molecule has 18 heavy (non-hydrogen) atoms. The number of aliphatic hydroxyl groups excluding tert-OH is 1. The van der Waals surface area contributed by atoms with Gasteiger partial charge in [0.05, 0.1) is 6.61 Å². The molecule has 5 heteroatoms. The Kier molecular flexibility index (Phi) is 6.72. The van der Waals surface area contributed by atoms with Crippen molar-refractivity contribution in [1.82, 2.24) is 5.32 Å². The normalized spacial score (nSPS) is 18.3. The maximum Gasteiger partial charge on any atom is 0.328 e. The number of amides is 1. The molecule has 0 unspecified atom stereocenters. The van der Waals surface area contributed by atoms with Crippen LogP contribution in [-0.2, 0) is 9.59 Å². The van der Waals surface area contributed by atoms with E-state index in [1.54, 1.807) is 0 Å². The number of hydrogen-bond acceptors (Lipinski definition) is 3. The average Bonchev–Trinajstić information content (AvgIpc) is 2.37. The summed E-state index contributed by atoms with van der Waals surface area (Å²) in [5.74, 6) is -0.745. The smallest absolute Gasteiger partial charge is 0.328 e. The SMILES string of the molecule is O=C(CCCC1CCCCC1)N[C@H](CO)C(=O)O. The predicted octanol–water partition coefficient (Wildman–Crippen LogP) is 1.30. The number of carboxylic acid groups (broad SMARTS) is 1. The molecule has 1 aliphatic carbocycles. The van der Waals surface area contributed by atoms with E-state index in [-0.39, 0.29) is 5.91 Å². The Labute approximate surface area is 108 Å². The van der Waals surface area contributed by atoms with Gasteiger partial charge < -0.3 is 15.5 Å². The van der Waals surface area contributed by atoms with Crippen LogP contribution >= 0.6 is 0 Å². The van der Waals surface area contributed by atoms with Crippen LogP contribution in [0.15, 0.2) is 0 Å². The standard InChI is InChI=1S/C13H23NO4/c15-9-11(13(17)18)14-12(16)8-4-7-10-5-2-1-3-6-10/h10-11,15H,1-9H2,(H,14,16)(H,17,18)/t11-/m1/s1. The first-order chi connectivity index (χ1) is 8.63. The first-order valence-electron chi connectivity index (χ1n) is 6.76. The molecule has 5 nitrogen and oxygen atoms in total. The third-order valence-corrected chi connectivity index (χ3v) is 3.56. The van der Waals surface area contributed by atoms with E-state index in [1.165, 1.54) is 32.1 Å². The van der Waals surface area contributed by atoms with Gasteiger partial charge in [-0.15, -0.1) is 0 Å². The molecule has 0 bridgehead atoms.